The van der Waals surface area contributed by atoms with Crippen molar-refractivity contribution >= 4 is 27.0 Å². The van der Waals surface area contributed by atoms with Gasteiger partial charge in [0.05, 0.1) is 10.3 Å². The number of hydrogen-bond donors (Lipinski definition) is 1. The van der Waals surface area contributed by atoms with Gasteiger partial charge in [0.15, 0.2) is 12.3 Å². The Kier molecular flexibility index (Phi) is 6.35. The first kappa shape index (κ1) is 23.1. The van der Waals surface area contributed by atoms with Gasteiger partial charge in [-0.05, 0) is 62.6 Å². The fourth-order valence-corrected chi connectivity index (χ4v) is 5.32. The predicted molar refractivity (Wildman–Crippen MR) is 120 cm³/mol. The van der Waals surface area contributed by atoms with Gasteiger partial charge in [0.2, 0.25) is 15.9 Å². The highest BCUT2D eigenvalue weighted by molar-refractivity contribution is 7.89. The molecular weight excluding hydrogens is 449 g/mol. The van der Waals surface area contributed by atoms with Crippen LogP contribution in [0.15, 0.2) is 35.2 Å². The lowest BCUT2D eigenvalue weighted by molar-refractivity contribution is -0.134. The first-order valence-electron chi connectivity index (χ1n) is 10.6. The van der Waals surface area contributed by atoms with Crippen LogP contribution >= 0.6 is 0 Å². The summed E-state index contributed by atoms with van der Waals surface area (Å²) in [7, 11) is -1.97. The molecular formula is C22H26FN5O4S. The van der Waals surface area contributed by atoms with E-state index in [1.807, 2.05) is 19.9 Å². The maximum Gasteiger partial charge on any atom is 0.260 e. The van der Waals surface area contributed by atoms with E-state index in [9.17, 15) is 17.6 Å². The molecule has 1 saturated heterocycles. The Hall–Kier alpha value is -3.05. The number of rotatable bonds is 6. The normalized spacial score (nSPS) is 15.2. The fraction of sp³-hybridized carbons (Fsp3) is 0.409. The molecule has 4 rings (SSSR count). The Morgan fingerprint density at radius 1 is 1.21 bits per heavy atom. The highest BCUT2D eigenvalue weighted by Gasteiger charge is 2.27. The van der Waals surface area contributed by atoms with Crippen molar-refractivity contribution in [3.8, 4) is 5.88 Å². The summed E-state index contributed by atoms with van der Waals surface area (Å²) in [6, 6.07) is 6.32. The minimum absolute atomic E-state index is 0.0124. The quantitative estimate of drug-likeness (QED) is 0.585. The number of aromatic nitrogens is 3. The molecule has 33 heavy (non-hydrogen) atoms. The van der Waals surface area contributed by atoms with Crippen molar-refractivity contribution in [2.75, 3.05) is 19.7 Å². The van der Waals surface area contributed by atoms with Crippen LogP contribution in [0.5, 0.6) is 5.88 Å². The van der Waals surface area contributed by atoms with Crippen molar-refractivity contribution in [3.63, 3.8) is 0 Å². The third-order valence-corrected chi connectivity index (χ3v) is 7.25. The molecule has 176 valence electrons. The molecule has 3 aromatic rings. The van der Waals surface area contributed by atoms with Gasteiger partial charge < -0.3 is 9.64 Å². The zero-order valence-electron chi connectivity index (χ0n) is 18.7. The summed E-state index contributed by atoms with van der Waals surface area (Å²) in [5.41, 5.74) is 2.55. The molecule has 1 aliphatic heterocycles. The van der Waals surface area contributed by atoms with Gasteiger partial charge in [0, 0.05) is 31.9 Å². The fourth-order valence-electron chi connectivity index (χ4n) is 4.02. The summed E-state index contributed by atoms with van der Waals surface area (Å²) in [6.07, 6.45) is 0.946. The number of carbonyl (C=O) groups is 1. The van der Waals surface area contributed by atoms with Crippen LogP contribution in [0.3, 0.4) is 0 Å². The molecule has 0 spiro atoms. The van der Waals surface area contributed by atoms with Crippen LogP contribution in [0, 0.1) is 19.7 Å². The van der Waals surface area contributed by atoms with Crippen molar-refractivity contribution < 1.29 is 22.3 Å². The first-order valence-corrected chi connectivity index (χ1v) is 12.1. The molecule has 1 N–H and O–H groups in total. The van der Waals surface area contributed by atoms with Crippen LogP contribution in [0.1, 0.15) is 24.1 Å². The van der Waals surface area contributed by atoms with Gasteiger partial charge in [-0.2, -0.15) is 0 Å². The average molecular weight is 476 g/mol. The van der Waals surface area contributed by atoms with Crippen LogP contribution in [0.25, 0.3) is 11.0 Å². The summed E-state index contributed by atoms with van der Waals surface area (Å²) in [5.74, 6) is -0.317. The summed E-state index contributed by atoms with van der Waals surface area (Å²) in [5, 5.41) is 5.14. The molecule has 1 fully saturated rings. The maximum atomic E-state index is 13.1. The molecule has 9 nitrogen and oxygen atoms in total. The van der Waals surface area contributed by atoms with Gasteiger partial charge in [-0.1, -0.05) is 0 Å². The number of pyridine rings is 1. The lowest BCUT2D eigenvalue weighted by Gasteiger charge is -2.32. The highest BCUT2D eigenvalue weighted by Crippen LogP contribution is 2.27. The van der Waals surface area contributed by atoms with Crippen LogP contribution in [-0.2, 0) is 21.9 Å². The number of nitrogens with zero attached hydrogens (tertiary/aromatic N) is 4. The second kappa shape index (κ2) is 9.06. The zero-order valence-corrected chi connectivity index (χ0v) is 19.5. The Balaban J connectivity index is 1.33. The third-order valence-electron chi connectivity index (χ3n) is 5.71. The van der Waals surface area contributed by atoms with Crippen LogP contribution in [-0.4, -0.2) is 59.7 Å². The highest BCUT2D eigenvalue weighted by atomic mass is 32.2. The number of hydrogen-bond acceptors (Lipinski definition) is 6. The largest absolute Gasteiger partial charge is 0.466 e. The van der Waals surface area contributed by atoms with E-state index in [-0.39, 0.29) is 23.5 Å². The topological polar surface area (TPSA) is 106 Å². The SMILES string of the molecule is Cc1cc(C)c2c(OCC(=O)N3CCC(NS(=O)(=O)c4ccc(F)cc4)CC3)nn(C)c2n1. The van der Waals surface area contributed by atoms with Crippen molar-refractivity contribution in [2.45, 2.75) is 37.6 Å². The van der Waals surface area contributed by atoms with E-state index in [0.29, 0.717) is 37.5 Å². The molecule has 0 saturated carbocycles. The molecule has 3 heterocycles. The molecule has 1 aromatic carbocycles. The van der Waals surface area contributed by atoms with Crippen molar-refractivity contribution in [3.05, 3.63) is 47.4 Å². The minimum Gasteiger partial charge on any atom is -0.466 e. The molecule has 0 atom stereocenters. The van der Waals surface area contributed by atoms with Crippen molar-refractivity contribution in [2.24, 2.45) is 7.05 Å². The molecule has 0 bridgehead atoms. The summed E-state index contributed by atoms with van der Waals surface area (Å²) in [4.78, 5) is 18.8. The van der Waals surface area contributed by atoms with Crippen LogP contribution < -0.4 is 9.46 Å². The van der Waals surface area contributed by atoms with E-state index in [1.165, 1.54) is 12.1 Å². The molecule has 2 aromatic heterocycles. The second-order valence-electron chi connectivity index (χ2n) is 8.23. The molecule has 0 unspecified atom stereocenters. The summed E-state index contributed by atoms with van der Waals surface area (Å²) < 4.78 is 48.1. The van der Waals surface area contributed by atoms with E-state index in [2.05, 4.69) is 14.8 Å². The van der Waals surface area contributed by atoms with Gasteiger partial charge in [0.25, 0.3) is 5.91 Å². The van der Waals surface area contributed by atoms with Gasteiger partial charge in [-0.15, -0.1) is 5.10 Å². The Bertz CT molecular complexity index is 1280. The van der Waals surface area contributed by atoms with Gasteiger partial charge in [-0.3, -0.25) is 4.79 Å². The average Bonchev–Trinajstić information content (AvgIpc) is 3.08. The number of sulfonamides is 1. The summed E-state index contributed by atoms with van der Waals surface area (Å²) in [6.45, 7) is 4.51. The van der Waals surface area contributed by atoms with Crippen molar-refractivity contribution in [1.82, 2.24) is 24.4 Å². The Morgan fingerprint density at radius 2 is 1.88 bits per heavy atom. The van der Waals surface area contributed by atoms with Crippen LogP contribution in [0.2, 0.25) is 0 Å². The Morgan fingerprint density at radius 3 is 2.55 bits per heavy atom. The number of piperidine rings is 1. The maximum absolute atomic E-state index is 13.1. The monoisotopic (exact) mass is 475 g/mol. The van der Waals surface area contributed by atoms with Crippen molar-refractivity contribution in [1.29, 1.82) is 0 Å². The number of carbonyl (C=O) groups excluding carboxylic acids is 1. The number of fused-ring (bicyclic) bond motifs is 1. The smallest absolute Gasteiger partial charge is 0.260 e. The van der Waals surface area contributed by atoms with Gasteiger partial charge >= 0.3 is 0 Å². The molecule has 1 amide bonds. The first-order chi connectivity index (χ1) is 15.6. The second-order valence-corrected chi connectivity index (χ2v) is 9.94. The lowest BCUT2D eigenvalue weighted by atomic mass is 10.1. The predicted octanol–water partition coefficient (Wildman–Crippen LogP) is 2.07. The number of aryl methyl sites for hydroxylation is 3. The van der Waals surface area contributed by atoms with Gasteiger partial charge in [0.1, 0.15) is 5.82 Å². The zero-order chi connectivity index (χ0) is 23.8. The van der Waals surface area contributed by atoms with E-state index < -0.39 is 15.8 Å². The number of nitrogens with one attached hydrogen (secondary N) is 1. The summed E-state index contributed by atoms with van der Waals surface area (Å²) >= 11 is 0. The number of halogens is 1. The van der Waals surface area contributed by atoms with Gasteiger partial charge in [-0.25, -0.2) is 27.2 Å². The molecule has 1 aliphatic rings. The molecule has 0 aliphatic carbocycles. The number of likely N-dealkylation sites (tertiary alicyclic amines) is 1. The lowest BCUT2D eigenvalue weighted by Crippen LogP contribution is -2.47. The van der Waals surface area contributed by atoms with E-state index in [1.54, 1.807) is 16.6 Å². The van der Waals surface area contributed by atoms with E-state index in [4.69, 9.17) is 4.74 Å². The number of benzene rings is 1. The van der Waals surface area contributed by atoms with E-state index >= 15 is 0 Å². The third kappa shape index (κ3) is 4.98. The molecule has 11 heteroatoms. The van der Waals surface area contributed by atoms with Crippen LogP contribution in [0.4, 0.5) is 4.39 Å². The number of ether oxygens (including phenoxy) is 1. The number of amides is 1. The minimum atomic E-state index is -3.75. The molecule has 0 radical (unpaired) electrons. The standard InChI is InChI=1S/C22H26FN5O4S/c1-14-12-15(2)24-21-20(14)22(25-27(21)3)32-13-19(29)28-10-8-17(9-11-28)26-33(30,31)18-6-4-16(23)5-7-18/h4-7,12,17,26H,8-11,13H2,1-3H3. The Labute approximate surface area is 191 Å². The van der Waals surface area contributed by atoms with E-state index in [0.717, 1.165) is 28.8 Å².